The number of esters is 1. The lowest BCUT2D eigenvalue weighted by atomic mass is 10.0. The first-order chi connectivity index (χ1) is 17.6. The van der Waals surface area contributed by atoms with E-state index in [1.54, 1.807) is 49.4 Å². The van der Waals surface area contributed by atoms with Crippen LogP contribution >= 0.6 is 11.8 Å². The Balaban J connectivity index is 1.72. The number of carboxylic acids is 2. The second-order valence-corrected chi connectivity index (χ2v) is 9.05. The second kappa shape index (κ2) is 11.9. The molecule has 0 radical (unpaired) electrons. The van der Waals surface area contributed by atoms with Gasteiger partial charge in [0.25, 0.3) is 5.91 Å². The summed E-state index contributed by atoms with van der Waals surface area (Å²) in [5.41, 5.74) is -0.0208. The average molecular weight is 523 g/mol. The van der Waals surface area contributed by atoms with E-state index in [2.05, 4.69) is 10.6 Å². The van der Waals surface area contributed by atoms with E-state index < -0.39 is 34.6 Å². The summed E-state index contributed by atoms with van der Waals surface area (Å²) in [5.74, 6) is -4.43. The van der Waals surface area contributed by atoms with Crippen LogP contribution in [0.3, 0.4) is 0 Å². The third kappa shape index (κ3) is 6.73. The molecule has 0 spiro atoms. The van der Waals surface area contributed by atoms with Gasteiger partial charge in [-0.05, 0) is 55.5 Å². The Bertz CT molecular complexity index is 1390. The fraction of sp³-hybridized carbons (Fsp3) is 0.115. The van der Waals surface area contributed by atoms with Crippen molar-refractivity contribution in [1.29, 1.82) is 0 Å². The zero-order valence-electron chi connectivity index (χ0n) is 19.7. The first kappa shape index (κ1) is 27.0. The Kier molecular flexibility index (Phi) is 8.64. The minimum atomic E-state index is -1.44. The van der Waals surface area contributed by atoms with Crippen molar-refractivity contribution in [3.05, 3.63) is 89.0 Å². The summed E-state index contributed by atoms with van der Waals surface area (Å²) in [5, 5.41) is 23.2. The highest BCUT2D eigenvalue weighted by molar-refractivity contribution is 8.00. The molecule has 0 aromatic heterocycles. The smallest absolute Gasteiger partial charge is 0.339 e. The van der Waals surface area contributed by atoms with Gasteiger partial charge >= 0.3 is 17.9 Å². The molecule has 0 saturated heterocycles. The van der Waals surface area contributed by atoms with E-state index in [-0.39, 0.29) is 22.6 Å². The number of hydrogen-bond donors (Lipinski definition) is 4. The maximum Gasteiger partial charge on any atom is 0.339 e. The van der Waals surface area contributed by atoms with Crippen LogP contribution in [0.15, 0.2) is 71.6 Å². The molecule has 1 unspecified atom stereocenters. The third-order valence-corrected chi connectivity index (χ3v) is 6.20. The molecular weight excluding hydrogens is 500 g/mol. The van der Waals surface area contributed by atoms with E-state index in [0.29, 0.717) is 16.3 Å². The van der Waals surface area contributed by atoms with Gasteiger partial charge in [-0.15, -0.1) is 11.8 Å². The standard InChI is InChI=1S/C26H22N2O8S/c1-14(22(29)28-21-9-4-3-8-19(21)26(35)36-2)37-17-7-5-6-16(13-17)27-23(30)18-11-10-15(24(31)32)12-20(18)25(33)34/h3-14H,1-2H3,(H,27,30)(H,28,29)(H,31,32)(H,33,34). The number of carbonyl (C=O) groups is 5. The van der Waals surface area contributed by atoms with Gasteiger partial charge in [-0.2, -0.15) is 0 Å². The summed E-state index contributed by atoms with van der Waals surface area (Å²) in [7, 11) is 1.25. The molecule has 3 aromatic rings. The summed E-state index contributed by atoms with van der Waals surface area (Å²) < 4.78 is 4.74. The molecule has 0 aliphatic carbocycles. The van der Waals surface area contributed by atoms with Crippen molar-refractivity contribution in [3.8, 4) is 0 Å². The summed E-state index contributed by atoms with van der Waals surface area (Å²) in [6.45, 7) is 1.68. The van der Waals surface area contributed by atoms with Gasteiger partial charge in [0, 0.05) is 10.6 Å². The van der Waals surface area contributed by atoms with Crippen LogP contribution in [0, 0.1) is 0 Å². The molecule has 0 bridgehead atoms. The van der Waals surface area contributed by atoms with Gasteiger partial charge in [-0.1, -0.05) is 18.2 Å². The number of thioether (sulfide) groups is 1. The molecule has 0 fully saturated rings. The normalized spacial score (nSPS) is 11.2. The van der Waals surface area contributed by atoms with Gasteiger partial charge in [0.05, 0.1) is 40.3 Å². The highest BCUT2D eigenvalue weighted by atomic mass is 32.2. The predicted molar refractivity (Wildman–Crippen MR) is 136 cm³/mol. The lowest BCUT2D eigenvalue weighted by molar-refractivity contribution is -0.115. The van der Waals surface area contributed by atoms with E-state index in [1.807, 2.05) is 0 Å². The number of amides is 2. The molecular formula is C26H22N2O8S. The van der Waals surface area contributed by atoms with Crippen LogP contribution < -0.4 is 10.6 Å². The van der Waals surface area contributed by atoms with Crippen molar-refractivity contribution >= 4 is 52.9 Å². The Labute approximate surface area is 215 Å². The van der Waals surface area contributed by atoms with Gasteiger partial charge in [0.15, 0.2) is 0 Å². The fourth-order valence-electron chi connectivity index (χ4n) is 3.27. The lowest BCUT2D eigenvalue weighted by Gasteiger charge is -2.15. The van der Waals surface area contributed by atoms with Crippen molar-refractivity contribution in [1.82, 2.24) is 0 Å². The molecule has 37 heavy (non-hydrogen) atoms. The Morgan fingerprint density at radius 2 is 1.54 bits per heavy atom. The number of carbonyl (C=O) groups excluding carboxylic acids is 3. The van der Waals surface area contributed by atoms with Gasteiger partial charge in [0.2, 0.25) is 5.91 Å². The minimum absolute atomic E-state index is 0.201. The van der Waals surface area contributed by atoms with Crippen molar-refractivity contribution < 1.29 is 38.9 Å². The number of para-hydroxylation sites is 1. The zero-order chi connectivity index (χ0) is 27.1. The van der Waals surface area contributed by atoms with Gasteiger partial charge in [0.1, 0.15) is 0 Å². The molecule has 190 valence electrons. The zero-order valence-corrected chi connectivity index (χ0v) is 20.5. The molecule has 0 aliphatic heterocycles. The topological polar surface area (TPSA) is 159 Å². The largest absolute Gasteiger partial charge is 0.478 e. The first-order valence-corrected chi connectivity index (χ1v) is 11.7. The van der Waals surface area contributed by atoms with Crippen molar-refractivity contribution in [2.24, 2.45) is 0 Å². The van der Waals surface area contributed by atoms with Crippen LogP contribution in [0.2, 0.25) is 0 Å². The monoisotopic (exact) mass is 522 g/mol. The Hall–Kier alpha value is -4.64. The Morgan fingerprint density at radius 3 is 2.22 bits per heavy atom. The van der Waals surface area contributed by atoms with E-state index in [9.17, 15) is 29.1 Å². The molecule has 4 N–H and O–H groups in total. The van der Waals surface area contributed by atoms with Gasteiger partial charge < -0.3 is 25.6 Å². The molecule has 3 rings (SSSR count). The third-order valence-electron chi connectivity index (χ3n) is 5.11. The van der Waals surface area contributed by atoms with Gasteiger partial charge in [-0.3, -0.25) is 9.59 Å². The number of rotatable bonds is 9. The number of nitrogens with one attached hydrogen (secondary N) is 2. The second-order valence-electron chi connectivity index (χ2n) is 7.64. The van der Waals surface area contributed by atoms with Gasteiger partial charge in [-0.25, -0.2) is 14.4 Å². The molecule has 0 saturated carbocycles. The molecule has 11 heteroatoms. The average Bonchev–Trinajstić information content (AvgIpc) is 2.88. The number of anilines is 2. The molecule has 3 aromatic carbocycles. The molecule has 2 amide bonds. The maximum absolute atomic E-state index is 12.8. The molecule has 0 heterocycles. The van der Waals surface area contributed by atoms with Crippen LogP contribution in [0.25, 0.3) is 0 Å². The summed E-state index contributed by atoms with van der Waals surface area (Å²) in [6.07, 6.45) is 0. The van der Waals surface area contributed by atoms with E-state index >= 15 is 0 Å². The molecule has 0 aliphatic rings. The highest BCUT2D eigenvalue weighted by Gasteiger charge is 2.21. The molecule has 1 atom stereocenters. The first-order valence-electron chi connectivity index (χ1n) is 10.8. The van der Waals surface area contributed by atoms with Crippen molar-refractivity contribution in [3.63, 3.8) is 0 Å². The van der Waals surface area contributed by atoms with E-state index in [0.717, 1.165) is 18.2 Å². The number of hydrogen-bond acceptors (Lipinski definition) is 7. The quantitative estimate of drug-likeness (QED) is 0.238. The lowest BCUT2D eigenvalue weighted by Crippen LogP contribution is -2.23. The van der Waals surface area contributed by atoms with Crippen LogP contribution in [0.1, 0.15) is 48.4 Å². The summed E-state index contributed by atoms with van der Waals surface area (Å²) in [4.78, 5) is 60.8. The van der Waals surface area contributed by atoms with Crippen molar-refractivity contribution in [2.45, 2.75) is 17.1 Å². The van der Waals surface area contributed by atoms with Crippen LogP contribution in [0.4, 0.5) is 11.4 Å². The van der Waals surface area contributed by atoms with E-state index in [4.69, 9.17) is 9.84 Å². The minimum Gasteiger partial charge on any atom is -0.478 e. The predicted octanol–water partition coefficient (Wildman–Crippen LogP) is 4.24. The van der Waals surface area contributed by atoms with Crippen LogP contribution in [-0.2, 0) is 9.53 Å². The fourth-order valence-corrected chi connectivity index (χ4v) is 4.20. The summed E-state index contributed by atoms with van der Waals surface area (Å²) in [6, 6.07) is 16.3. The van der Waals surface area contributed by atoms with Crippen LogP contribution in [0.5, 0.6) is 0 Å². The number of ether oxygens (including phenoxy) is 1. The van der Waals surface area contributed by atoms with Crippen LogP contribution in [-0.4, -0.2) is 52.3 Å². The number of benzene rings is 3. The Morgan fingerprint density at radius 1 is 0.811 bits per heavy atom. The molecule has 10 nitrogen and oxygen atoms in total. The summed E-state index contributed by atoms with van der Waals surface area (Å²) >= 11 is 1.20. The number of methoxy groups -OCH3 is 1. The highest BCUT2D eigenvalue weighted by Crippen LogP contribution is 2.28. The van der Waals surface area contributed by atoms with E-state index in [1.165, 1.54) is 24.9 Å². The number of aromatic carboxylic acids is 2. The number of carboxylic acid groups (broad SMARTS) is 2. The maximum atomic E-state index is 12.8. The van der Waals surface area contributed by atoms with Crippen molar-refractivity contribution in [2.75, 3.05) is 17.7 Å². The SMILES string of the molecule is COC(=O)c1ccccc1NC(=O)C(C)Sc1cccc(NC(=O)c2ccc(C(=O)O)cc2C(=O)O)c1.